The first-order valence-electron chi connectivity index (χ1n) is 7.84. The number of H-pyrrole nitrogens is 1. The molecule has 0 saturated heterocycles. The van der Waals surface area contributed by atoms with Gasteiger partial charge in [-0.1, -0.05) is 6.07 Å². The Morgan fingerprint density at radius 1 is 1.23 bits per heavy atom. The lowest BCUT2D eigenvalue weighted by atomic mass is 10.2. The molecule has 136 valence electrons. The van der Waals surface area contributed by atoms with Gasteiger partial charge in [0, 0.05) is 29.9 Å². The fourth-order valence-electron chi connectivity index (χ4n) is 2.44. The van der Waals surface area contributed by atoms with E-state index < -0.39 is 10.0 Å². The Hall–Kier alpha value is -2.65. The van der Waals surface area contributed by atoms with Crippen molar-refractivity contribution in [3.63, 3.8) is 0 Å². The normalized spacial score (nSPS) is 11.3. The summed E-state index contributed by atoms with van der Waals surface area (Å²) in [5.41, 5.74) is 2.76. The Morgan fingerprint density at radius 2 is 2.00 bits per heavy atom. The Bertz CT molecular complexity index is 977. The van der Waals surface area contributed by atoms with Crippen LogP contribution in [0.4, 0.5) is 5.69 Å². The van der Waals surface area contributed by atoms with Crippen molar-refractivity contribution in [3.05, 3.63) is 59.4 Å². The second-order valence-electron chi connectivity index (χ2n) is 5.66. The molecule has 0 fully saturated rings. The van der Waals surface area contributed by atoms with Gasteiger partial charge in [0.1, 0.15) is 5.69 Å². The zero-order valence-corrected chi connectivity index (χ0v) is 15.7. The number of thiophene rings is 1. The summed E-state index contributed by atoms with van der Waals surface area (Å²) in [6, 6.07) is 10.3. The van der Waals surface area contributed by atoms with Crippen LogP contribution in [0.5, 0.6) is 0 Å². The van der Waals surface area contributed by atoms with Gasteiger partial charge in [0.2, 0.25) is 10.0 Å². The molecule has 0 spiro atoms. The van der Waals surface area contributed by atoms with E-state index in [1.165, 1.54) is 0 Å². The van der Waals surface area contributed by atoms with Crippen molar-refractivity contribution in [1.82, 2.24) is 15.3 Å². The van der Waals surface area contributed by atoms with Crippen LogP contribution in [-0.4, -0.2) is 37.1 Å². The number of amides is 1. The van der Waals surface area contributed by atoms with Gasteiger partial charge in [-0.15, -0.1) is 11.3 Å². The highest BCUT2D eigenvalue weighted by molar-refractivity contribution is 7.92. The number of aromatic amines is 1. The third-order valence-corrected chi connectivity index (χ3v) is 5.07. The molecule has 0 unspecified atom stereocenters. The quantitative estimate of drug-likeness (QED) is 0.576. The first kappa shape index (κ1) is 18.2. The van der Waals surface area contributed by atoms with Gasteiger partial charge >= 0.3 is 0 Å². The molecule has 3 rings (SSSR count). The van der Waals surface area contributed by atoms with Crippen molar-refractivity contribution in [1.29, 1.82) is 0 Å². The number of carbonyl (C=O) groups is 1. The first-order chi connectivity index (χ1) is 12.4. The molecule has 0 aliphatic carbocycles. The fraction of sp³-hybridized carbons (Fsp3) is 0.176. The van der Waals surface area contributed by atoms with Gasteiger partial charge < -0.3 is 10.3 Å². The maximum Gasteiger partial charge on any atom is 0.251 e. The van der Waals surface area contributed by atoms with E-state index in [1.54, 1.807) is 41.9 Å². The summed E-state index contributed by atoms with van der Waals surface area (Å²) in [6.07, 6.45) is 3.36. The fourth-order valence-corrected chi connectivity index (χ4v) is 3.76. The van der Waals surface area contributed by atoms with Gasteiger partial charge in [0.05, 0.1) is 17.5 Å². The molecular formula is C17H18N4O3S2. The summed E-state index contributed by atoms with van der Waals surface area (Å²) in [4.78, 5) is 20.7. The van der Waals surface area contributed by atoms with Crippen molar-refractivity contribution in [2.45, 2.75) is 6.42 Å². The molecule has 26 heavy (non-hydrogen) atoms. The zero-order chi connectivity index (χ0) is 18.6. The Morgan fingerprint density at radius 3 is 2.65 bits per heavy atom. The predicted molar refractivity (Wildman–Crippen MR) is 103 cm³/mol. The summed E-state index contributed by atoms with van der Waals surface area (Å²) >= 11 is 1.62. The Kier molecular flexibility index (Phi) is 5.38. The SMILES string of the molecule is CS(=O)(=O)Nc1ccc(C(=O)NCCc2[nH]cnc2-c2cccs2)cc1. The molecule has 7 nitrogen and oxygen atoms in total. The van der Waals surface area contributed by atoms with Crippen molar-refractivity contribution in [2.24, 2.45) is 0 Å². The van der Waals surface area contributed by atoms with E-state index in [0.717, 1.165) is 22.5 Å². The minimum Gasteiger partial charge on any atom is -0.352 e. The minimum atomic E-state index is -3.33. The average molecular weight is 390 g/mol. The smallest absolute Gasteiger partial charge is 0.251 e. The van der Waals surface area contributed by atoms with Crippen LogP contribution in [0.3, 0.4) is 0 Å². The average Bonchev–Trinajstić information content (AvgIpc) is 3.25. The van der Waals surface area contributed by atoms with Gasteiger partial charge in [0.25, 0.3) is 5.91 Å². The van der Waals surface area contributed by atoms with Crippen molar-refractivity contribution in [2.75, 3.05) is 17.5 Å². The van der Waals surface area contributed by atoms with Crippen molar-refractivity contribution >= 4 is 33.0 Å². The molecule has 9 heteroatoms. The third-order valence-electron chi connectivity index (χ3n) is 3.58. The summed E-state index contributed by atoms with van der Waals surface area (Å²) in [6.45, 7) is 0.461. The topological polar surface area (TPSA) is 104 Å². The van der Waals surface area contributed by atoms with E-state index in [9.17, 15) is 13.2 Å². The van der Waals surface area contributed by atoms with Gasteiger partial charge in [-0.2, -0.15) is 0 Å². The first-order valence-corrected chi connectivity index (χ1v) is 10.6. The maximum absolute atomic E-state index is 12.2. The van der Waals surface area contributed by atoms with Crippen molar-refractivity contribution in [3.8, 4) is 10.6 Å². The summed E-state index contributed by atoms with van der Waals surface area (Å²) in [5, 5.41) is 4.85. The number of sulfonamides is 1. The van der Waals surface area contributed by atoms with Crippen LogP contribution < -0.4 is 10.0 Å². The second kappa shape index (κ2) is 7.71. The summed E-state index contributed by atoms with van der Waals surface area (Å²) in [7, 11) is -3.33. The largest absolute Gasteiger partial charge is 0.352 e. The molecular weight excluding hydrogens is 372 g/mol. The molecule has 0 saturated carbocycles. The number of rotatable bonds is 7. The number of imidazole rings is 1. The molecule has 3 aromatic rings. The number of hydrogen-bond acceptors (Lipinski definition) is 5. The second-order valence-corrected chi connectivity index (χ2v) is 8.36. The Labute approximate surface area is 155 Å². The molecule has 2 aromatic heterocycles. The van der Waals surface area contributed by atoms with E-state index in [0.29, 0.717) is 24.2 Å². The van der Waals surface area contributed by atoms with Crippen LogP contribution in [0.25, 0.3) is 10.6 Å². The Balaban J connectivity index is 1.56. The number of anilines is 1. The maximum atomic E-state index is 12.2. The van der Waals surface area contributed by atoms with Gasteiger partial charge in [0.15, 0.2) is 0 Å². The molecule has 1 aromatic carbocycles. The monoisotopic (exact) mass is 390 g/mol. The van der Waals surface area contributed by atoms with Gasteiger partial charge in [-0.05, 0) is 35.7 Å². The number of benzene rings is 1. The number of nitrogens with zero attached hydrogens (tertiary/aromatic N) is 1. The molecule has 0 aliphatic rings. The molecule has 0 atom stereocenters. The lowest BCUT2D eigenvalue weighted by Crippen LogP contribution is -2.25. The number of aromatic nitrogens is 2. The standard InChI is InChI=1S/C17H18N4O3S2/c1-26(23,24)21-13-6-4-12(5-7-13)17(22)18-9-8-14-16(20-11-19-14)15-3-2-10-25-15/h2-7,10-11,21H,8-9H2,1H3,(H,18,22)(H,19,20). The predicted octanol–water partition coefficient (Wildman–Crippen LogP) is 2.48. The highest BCUT2D eigenvalue weighted by Crippen LogP contribution is 2.25. The molecule has 0 aliphatic heterocycles. The molecule has 2 heterocycles. The summed E-state index contributed by atoms with van der Waals surface area (Å²) < 4.78 is 24.7. The molecule has 3 N–H and O–H groups in total. The van der Waals surface area contributed by atoms with E-state index in [4.69, 9.17) is 0 Å². The van der Waals surface area contributed by atoms with E-state index >= 15 is 0 Å². The lowest BCUT2D eigenvalue weighted by molar-refractivity contribution is 0.0954. The van der Waals surface area contributed by atoms with Crippen LogP contribution in [0.15, 0.2) is 48.1 Å². The molecule has 0 bridgehead atoms. The number of carbonyl (C=O) groups excluding carboxylic acids is 1. The number of nitrogens with one attached hydrogen (secondary N) is 3. The summed E-state index contributed by atoms with van der Waals surface area (Å²) in [5.74, 6) is -0.215. The van der Waals surface area contributed by atoms with Gasteiger partial charge in [-0.25, -0.2) is 13.4 Å². The van der Waals surface area contributed by atoms with Crippen LogP contribution in [0, 0.1) is 0 Å². The van der Waals surface area contributed by atoms with Crippen LogP contribution in [0.1, 0.15) is 16.1 Å². The van der Waals surface area contributed by atoms with E-state index in [-0.39, 0.29) is 5.91 Å². The number of hydrogen-bond donors (Lipinski definition) is 3. The van der Waals surface area contributed by atoms with Gasteiger partial charge in [-0.3, -0.25) is 9.52 Å². The molecule has 0 radical (unpaired) electrons. The highest BCUT2D eigenvalue weighted by Gasteiger charge is 2.11. The van der Waals surface area contributed by atoms with E-state index in [1.807, 2.05) is 17.5 Å². The third kappa shape index (κ3) is 4.70. The lowest BCUT2D eigenvalue weighted by Gasteiger charge is -2.07. The van der Waals surface area contributed by atoms with Crippen LogP contribution in [-0.2, 0) is 16.4 Å². The zero-order valence-electron chi connectivity index (χ0n) is 14.0. The van der Waals surface area contributed by atoms with Crippen LogP contribution >= 0.6 is 11.3 Å². The minimum absolute atomic E-state index is 0.215. The van der Waals surface area contributed by atoms with Crippen LogP contribution in [0.2, 0.25) is 0 Å². The van der Waals surface area contributed by atoms with Crippen molar-refractivity contribution < 1.29 is 13.2 Å². The molecule has 1 amide bonds. The highest BCUT2D eigenvalue weighted by atomic mass is 32.2. The van der Waals surface area contributed by atoms with E-state index in [2.05, 4.69) is 20.0 Å².